The monoisotopic (exact) mass is 234 g/mol. The first-order valence-electron chi connectivity index (χ1n) is 6.66. The fraction of sp³-hybridized carbons (Fsp3) is 0.733. The van der Waals surface area contributed by atoms with E-state index in [9.17, 15) is 5.11 Å². The molecule has 1 saturated carbocycles. The highest BCUT2D eigenvalue weighted by Gasteiger charge is 2.62. The number of rotatable bonds is 1. The van der Waals surface area contributed by atoms with Gasteiger partial charge in [-0.2, -0.15) is 0 Å². The van der Waals surface area contributed by atoms with Crippen LogP contribution in [0.2, 0.25) is 0 Å². The summed E-state index contributed by atoms with van der Waals surface area (Å²) in [6.07, 6.45) is 6.83. The molecule has 0 aromatic rings. The molecule has 2 fully saturated rings. The molecule has 0 aromatic heterocycles. The Kier molecular flexibility index (Phi) is 2.34. The fourth-order valence-electron chi connectivity index (χ4n) is 4.17. The van der Waals surface area contributed by atoms with Crippen molar-refractivity contribution in [1.29, 1.82) is 0 Å². The summed E-state index contributed by atoms with van der Waals surface area (Å²) >= 11 is 0. The van der Waals surface area contributed by atoms with Crippen molar-refractivity contribution in [2.45, 2.75) is 51.7 Å². The van der Waals surface area contributed by atoms with E-state index in [0.29, 0.717) is 0 Å². The zero-order valence-corrected chi connectivity index (χ0v) is 10.8. The fourth-order valence-corrected chi connectivity index (χ4v) is 4.17. The van der Waals surface area contributed by atoms with Crippen molar-refractivity contribution in [3.63, 3.8) is 0 Å². The predicted molar refractivity (Wildman–Crippen MR) is 67.7 cm³/mol. The summed E-state index contributed by atoms with van der Waals surface area (Å²) in [7, 11) is 0. The molecule has 2 heteroatoms. The summed E-state index contributed by atoms with van der Waals surface area (Å²) < 4.78 is 6.19. The zero-order chi connectivity index (χ0) is 12.3. The molecule has 3 aliphatic rings. The highest BCUT2D eigenvalue weighted by Crippen LogP contribution is 2.63. The van der Waals surface area contributed by atoms with Crippen LogP contribution in [0.5, 0.6) is 0 Å². The number of aliphatic hydroxyl groups excluding tert-OH is 1. The third-order valence-corrected chi connectivity index (χ3v) is 5.64. The van der Waals surface area contributed by atoms with E-state index >= 15 is 0 Å². The number of aliphatic hydroxyl groups is 1. The van der Waals surface area contributed by atoms with Crippen LogP contribution in [0.15, 0.2) is 23.8 Å². The van der Waals surface area contributed by atoms with Gasteiger partial charge in [-0.05, 0) is 38.2 Å². The van der Waals surface area contributed by atoms with Crippen molar-refractivity contribution in [3.05, 3.63) is 23.8 Å². The standard InChI is InChI=1S/C15H22O2/c1-10-4-7-15(9-16)13(8-10)17-12-5-6-14(15,3)11(12)2/h8,12-13,16H,2,4-7,9H2,1,3H3/t12-,13-,14+,15-/m0/s1. The minimum Gasteiger partial charge on any atom is -0.396 e. The van der Waals surface area contributed by atoms with Gasteiger partial charge in [0.25, 0.3) is 0 Å². The molecule has 3 rings (SSSR count). The van der Waals surface area contributed by atoms with Crippen LogP contribution in [0.4, 0.5) is 0 Å². The van der Waals surface area contributed by atoms with E-state index in [-0.39, 0.29) is 29.6 Å². The zero-order valence-electron chi connectivity index (χ0n) is 10.8. The van der Waals surface area contributed by atoms with E-state index in [0.717, 1.165) is 25.7 Å². The molecule has 0 amide bonds. The minimum atomic E-state index is -0.128. The molecular formula is C15H22O2. The van der Waals surface area contributed by atoms with Gasteiger partial charge in [-0.3, -0.25) is 0 Å². The second-order valence-corrected chi connectivity index (χ2v) is 6.27. The molecule has 0 radical (unpaired) electrons. The summed E-state index contributed by atoms with van der Waals surface area (Å²) in [5.74, 6) is 0. The average molecular weight is 234 g/mol. The molecule has 0 spiro atoms. The van der Waals surface area contributed by atoms with Crippen LogP contribution in [-0.2, 0) is 4.74 Å². The van der Waals surface area contributed by atoms with Gasteiger partial charge in [-0.25, -0.2) is 0 Å². The molecule has 1 aliphatic heterocycles. The van der Waals surface area contributed by atoms with E-state index in [1.165, 1.54) is 11.1 Å². The second-order valence-electron chi connectivity index (χ2n) is 6.27. The maximum atomic E-state index is 10.0. The van der Waals surface area contributed by atoms with Crippen molar-refractivity contribution >= 4 is 0 Å². The molecule has 2 bridgehead atoms. The maximum Gasteiger partial charge on any atom is 0.0853 e. The van der Waals surface area contributed by atoms with E-state index < -0.39 is 0 Å². The Morgan fingerprint density at radius 3 is 3.00 bits per heavy atom. The summed E-state index contributed by atoms with van der Waals surface area (Å²) in [4.78, 5) is 0. The number of hydrogen-bond acceptors (Lipinski definition) is 2. The van der Waals surface area contributed by atoms with Crippen LogP contribution < -0.4 is 0 Å². The summed E-state index contributed by atoms with van der Waals surface area (Å²) in [6, 6.07) is 0. The maximum absolute atomic E-state index is 10.0. The molecule has 17 heavy (non-hydrogen) atoms. The normalized spacial score (nSPS) is 48.9. The van der Waals surface area contributed by atoms with Gasteiger partial charge in [0.2, 0.25) is 0 Å². The van der Waals surface area contributed by atoms with Crippen molar-refractivity contribution < 1.29 is 9.84 Å². The van der Waals surface area contributed by atoms with Crippen LogP contribution in [0, 0.1) is 10.8 Å². The van der Waals surface area contributed by atoms with Crippen molar-refractivity contribution in [3.8, 4) is 0 Å². The quantitative estimate of drug-likeness (QED) is 0.707. The molecule has 1 heterocycles. The van der Waals surface area contributed by atoms with Crippen LogP contribution in [0.3, 0.4) is 0 Å². The van der Waals surface area contributed by atoms with Gasteiger partial charge in [-0.15, -0.1) is 0 Å². The lowest BCUT2D eigenvalue weighted by Gasteiger charge is -2.55. The van der Waals surface area contributed by atoms with Gasteiger partial charge in [0.1, 0.15) is 0 Å². The minimum absolute atomic E-state index is 0.0620. The Hall–Kier alpha value is -0.600. The average Bonchev–Trinajstić information content (AvgIpc) is 2.53. The van der Waals surface area contributed by atoms with Gasteiger partial charge in [-0.1, -0.05) is 25.2 Å². The van der Waals surface area contributed by atoms with E-state index in [4.69, 9.17) is 4.74 Å². The van der Waals surface area contributed by atoms with Crippen LogP contribution in [0.25, 0.3) is 0 Å². The van der Waals surface area contributed by atoms with E-state index in [2.05, 4.69) is 26.5 Å². The van der Waals surface area contributed by atoms with Gasteiger partial charge in [0, 0.05) is 10.8 Å². The van der Waals surface area contributed by atoms with Crippen LogP contribution in [0.1, 0.15) is 39.5 Å². The molecule has 1 N–H and O–H groups in total. The summed E-state index contributed by atoms with van der Waals surface area (Å²) in [6.45, 7) is 8.92. The smallest absolute Gasteiger partial charge is 0.0853 e. The first kappa shape index (κ1) is 11.5. The Morgan fingerprint density at radius 2 is 2.29 bits per heavy atom. The predicted octanol–water partition coefficient (Wildman–Crippen LogP) is 2.83. The SMILES string of the molecule is C=C1[C@@H]2CC[C@@]1(C)[C@]1(CO)CCC(C)=C[C@@H]1O2. The topological polar surface area (TPSA) is 29.5 Å². The lowest BCUT2D eigenvalue weighted by atomic mass is 9.54. The molecule has 0 aromatic carbocycles. The van der Waals surface area contributed by atoms with Crippen LogP contribution in [-0.4, -0.2) is 23.9 Å². The third-order valence-electron chi connectivity index (χ3n) is 5.64. The lowest BCUT2D eigenvalue weighted by Crippen LogP contribution is -2.56. The number of allylic oxidation sites excluding steroid dienone is 1. The van der Waals surface area contributed by atoms with Gasteiger partial charge >= 0.3 is 0 Å². The van der Waals surface area contributed by atoms with E-state index in [1.54, 1.807) is 0 Å². The first-order valence-corrected chi connectivity index (χ1v) is 6.66. The number of hydrogen-bond donors (Lipinski definition) is 1. The molecular weight excluding hydrogens is 212 g/mol. The molecule has 94 valence electrons. The number of ether oxygens (including phenoxy) is 1. The highest BCUT2D eigenvalue weighted by molar-refractivity contribution is 5.33. The third kappa shape index (κ3) is 1.23. The second kappa shape index (κ2) is 3.46. The van der Waals surface area contributed by atoms with E-state index in [1.807, 2.05) is 0 Å². The molecule has 4 atom stereocenters. The van der Waals surface area contributed by atoms with Gasteiger partial charge < -0.3 is 9.84 Å². The van der Waals surface area contributed by atoms with Crippen molar-refractivity contribution in [2.75, 3.05) is 6.61 Å². The van der Waals surface area contributed by atoms with Crippen molar-refractivity contribution in [1.82, 2.24) is 0 Å². The highest BCUT2D eigenvalue weighted by atomic mass is 16.5. The molecule has 2 aliphatic carbocycles. The largest absolute Gasteiger partial charge is 0.396 e. The van der Waals surface area contributed by atoms with Crippen LogP contribution >= 0.6 is 0 Å². The Morgan fingerprint density at radius 1 is 1.53 bits per heavy atom. The lowest BCUT2D eigenvalue weighted by molar-refractivity contribution is -0.138. The van der Waals surface area contributed by atoms with Gasteiger partial charge in [0.05, 0.1) is 18.8 Å². The Balaban J connectivity index is 2.11. The summed E-state index contributed by atoms with van der Waals surface area (Å²) in [5.41, 5.74) is 2.55. The summed E-state index contributed by atoms with van der Waals surface area (Å²) in [5, 5.41) is 10.0. The molecule has 0 unspecified atom stereocenters. The number of fused-ring (bicyclic) bond motifs is 4. The molecule has 1 saturated heterocycles. The van der Waals surface area contributed by atoms with Crippen molar-refractivity contribution in [2.24, 2.45) is 10.8 Å². The first-order chi connectivity index (χ1) is 8.03. The Bertz CT molecular complexity index is 398. The van der Waals surface area contributed by atoms with Gasteiger partial charge in [0.15, 0.2) is 0 Å². The molecule has 2 nitrogen and oxygen atoms in total. The Labute approximate surface area is 103 Å².